The molecule has 2 heterocycles. The second kappa shape index (κ2) is 5.81. The van der Waals surface area contributed by atoms with Gasteiger partial charge in [0.05, 0.1) is 11.6 Å². The van der Waals surface area contributed by atoms with Crippen molar-refractivity contribution < 1.29 is 8.42 Å². The Morgan fingerprint density at radius 3 is 3.06 bits per heavy atom. The Balaban J connectivity index is 1.90. The molecule has 0 radical (unpaired) electrons. The third-order valence-corrected chi connectivity index (χ3v) is 5.11. The Morgan fingerprint density at radius 1 is 1.61 bits per heavy atom. The van der Waals surface area contributed by atoms with Crippen molar-refractivity contribution >= 4 is 10.0 Å². The van der Waals surface area contributed by atoms with Crippen LogP contribution in [0.2, 0.25) is 0 Å². The van der Waals surface area contributed by atoms with Crippen LogP contribution < -0.4 is 10.0 Å². The highest BCUT2D eigenvalue weighted by Gasteiger charge is 2.28. The van der Waals surface area contributed by atoms with Gasteiger partial charge >= 0.3 is 0 Å². The van der Waals surface area contributed by atoms with Gasteiger partial charge in [-0.3, -0.25) is 0 Å². The average molecular weight is 272 g/mol. The highest BCUT2D eigenvalue weighted by atomic mass is 32.2. The van der Waals surface area contributed by atoms with Crippen LogP contribution in [-0.2, 0) is 16.6 Å². The van der Waals surface area contributed by atoms with Gasteiger partial charge < -0.3 is 9.88 Å². The van der Waals surface area contributed by atoms with E-state index in [-0.39, 0.29) is 11.3 Å². The summed E-state index contributed by atoms with van der Waals surface area (Å²) in [6.45, 7) is 3.93. The molecule has 2 rings (SSSR count). The van der Waals surface area contributed by atoms with E-state index >= 15 is 0 Å². The Hall–Kier alpha value is -0.920. The number of aromatic nitrogens is 2. The third kappa shape index (κ3) is 3.54. The van der Waals surface area contributed by atoms with E-state index in [2.05, 4.69) is 15.0 Å². The number of hydrogen-bond acceptors (Lipinski definition) is 4. The molecule has 6 nitrogen and oxygen atoms in total. The van der Waals surface area contributed by atoms with Crippen LogP contribution in [0.3, 0.4) is 0 Å². The summed E-state index contributed by atoms with van der Waals surface area (Å²) in [5.74, 6) is 0. The van der Waals surface area contributed by atoms with Crippen molar-refractivity contribution in [1.82, 2.24) is 19.6 Å². The molecule has 102 valence electrons. The molecule has 1 saturated heterocycles. The molecule has 0 amide bonds. The lowest BCUT2D eigenvalue weighted by Gasteiger charge is -2.25. The molecular weight excluding hydrogens is 252 g/mol. The first-order valence-electron chi connectivity index (χ1n) is 6.25. The van der Waals surface area contributed by atoms with Gasteiger partial charge in [-0.05, 0) is 26.3 Å². The summed E-state index contributed by atoms with van der Waals surface area (Å²) in [6.07, 6.45) is 6.85. The fourth-order valence-corrected chi connectivity index (χ4v) is 3.85. The minimum Gasteiger partial charge on any atom is -0.336 e. The molecule has 1 aromatic heterocycles. The Morgan fingerprint density at radius 2 is 2.44 bits per heavy atom. The smallest absolute Gasteiger partial charge is 0.216 e. The lowest BCUT2D eigenvalue weighted by Crippen LogP contribution is -2.47. The minimum atomic E-state index is -3.23. The first kappa shape index (κ1) is 13.5. The third-order valence-electron chi connectivity index (χ3n) is 3.10. The maximum absolute atomic E-state index is 12.1. The standard InChI is InChI=1S/C11H20N4O2S/c1-10(8-15-6-5-13-9-15)14-18(16,17)11-3-2-4-12-7-11/h5-6,9-12,14H,2-4,7-8H2,1H3. The number of sulfonamides is 1. The number of rotatable bonds is 5. The van der Waals surface area contributed by atoms with Crippen molar-refractivity contribution in [3.63, 3.8) is 0 Å². The topological polar surface area (TPSA) is 76.0 Å². The summed E-state index contributed by atoms with van der Waals surface area (Å²) >= 11 is 0. The number of nitrogens with one attached hydrogen (secondary N) is 2. The monoisotopic (exact) mass is 272 g/mol. The Labute approximate surface area is 108 Å². The van der Waals surface area contributed by atoms with E-state index in [4.69, 9.17) is 0 Å². The first-order valence-corrected chi connectivity index (χ1v) is 7.80. The second-order valence-corrected chi connectivity index (χ2v) is 6.78. The highest BCUT2D eigenvalue weighted by Crippen LogP contribution is 2.11. The lowest BCUT2D eigenvalue weighted by molar-refractivity contribution is 0.473. The summed E-state index contributed by atoms with van der Waals surface area (Å²) in [6, 6.07) is -0.133. The van der Waals surface area contributed by atoms with Crippen LogP contribution in [0.5, 0.6) is 0 Å². The normalized spacial score (nSPS) is 22.8. The number of piperidine rings is 1. The molecule has 0 aromatic carbocycles. The molecule has 18 heavy (non-hydrogen) atoms. The van der Waals surface area contributed by atoms with E-state index in [1.807, 2.05) is 17.7 Å². The predicted octanol–water partition coefficient (Wildman–Crippen LogP) is -0.0570. The molecule has 1 fully saturated rings. The summed E-state index contributed by atoms with van der Waals surface area (Å²) in [4.78, 5) is 3.94. The summed E-state index contributed by atoms with van der Waals surface area (Å²) in [7, 11) is -3.23. The van der Waals surface area contributed by atoms with Crippen molar-refractivity contribution in [1.29, 1.82) is 0 Å². The molecular formula is C11H20N4O2S. The maximum atomic E-state index is 12.1. The average Bonchev–Trinajstić information content (AvgIpc) is 2.82. The van der Waals surface area contributed by atoms with E-state index in [1.165, 1.54) is 0 Å². The van der Waals surface area contributed by atoms with E-state index in [0.29, 0.717) is 13.1 Å². The molecule has 2 N–H and O–H groups in total. The number of hydrogen-bond donors (Lipinski definition) is 2. The van der Waals surface area contributed by atoms with Crippen LogP contribution in [0, 0.1) is 0 Å². The SMILES string of the molecule is CC(Cn1ccnc1)NS(=O)(=O)C1CCCNC1. The molecule has 0 spiro atoms. The van der Waals surface area contributed by atoms with Gasteiger partial charge in [-0.15, -0.1) is 0 Å². The zero-order valence-electron chi connectivity index (χ0n) is 10.5. The van der Waals surface area contributed by atoms with Crippen molar-refractivity contribution in [2.45, 2.75) is 37.6 Å². The summed E-state index contributed by atoms with van der Waals surface area (Å²) < 4.78 is 28.9. The molecule has 0 aliphatic carbocycles. The van der Waals surface area contributed by atoms with Gasteiger partial charge in [0, 0.05) is 31.5 Å². The molecule has 7 heteroatoms. The molecule has 1 aliphatic heterocycles. The molecule has 0 saturated carbocycles. The van der Waals surface area contributed by atoms with Crippen LogP contribution in [0.25, 0.3) is 0 Å². The van der Waals surface area contributed by atoms with Crippen LogP contribution >= 0.6 is 0 Å². The van der Waals surface area contributed by atoms with E-state index < -0.39 is 10.0 Å². The molecule has 1 aliphatic rings. The van der Waals surface area contributed by atoms with Gasteiger partial charge in [0.25, 0.3) is 0 Å². The Bertz CT molecular complexity index is 451. The van der Waals surface area contributed by atoms with Crippen LogP contribution in [0.1, 0.15) is 19.8 Å². The molecule has 2 unspecified atom stereocenters. The Kier molecular flexibility index (Phi) is 4.36. The maximum Gasteiger partial charge on any atom is 0.216 e. The van der Waals surface area contributed by atoms with Crippen molar-refractivity contribution in [2.75, 3.05) is 13.1 Å². The number of nitrogens with zero attached hydrogens (tertiary/aromatic N) is 2. The summed E-state index contributed by atoms with van der Waals surface area (Å²) in [5.41, 5.74) is 0. The largest absolute Gasteiger partial charge is 0.336 e. The van der Waals surface area contributed by atoms with E-state index in [1.54, 1.807) is 12.5 Å². The molecule has 0 bridgehead atoms. The van der Waals surface area contributed by atoms with Crippen LogP contribution in [0.4, 0.5) is 0 Å². The quantitative estimate of drug-likeness (QED) is 0.787. The van der Waals surface area contributed by atoms with E-state index in [0.717, 1.165) is 19.4 Å². The fourth-order valence-electron chi connectivity index (χ4n) is 2.21. The zero-order valence-corrected chi connectivity index (χ0v) is 11.4. The van der Waals surface area contributed by atoms with Gasteiger partial charge in [0.15, 0.2) is 0 Å². The van der Waals surface area contributed by atoms with Crippen molar-refractivity contribution in [3.05, 3.63) is 18.7 Å². The predicted molar refractivity (Wildman–Crippen MR) is 69.6 cm³/mol. The fraction of sp³-hybridized carbons (Fsp3) is 0.727. The first-order chi connectivity index (χ1) is 8.58. The van der Waals surface area contributed by atoms with Crippen LogP contribution in [0.15, 0.2) is 18.7 Å². The second-order valence-electron chi connectivity index (χ2n) is 4.79. The highest BCUT2D eigenvalue weighted by molar-refractivity contribution is 7.90. The molecule has 1 aromatic rings. The number of imidazole rings is 1. The lowest BCUT2D eigenvalue weighted by atomic mass is 10.2. The zero-order chi connectivity index (χ0) is 13.0. The van der Waals surface area contributed by atoms with E-state index in [9.17, 15) is 8.42 Å². The van der Waals surface area contributed by atoms with Crippen molar-refractivity contribution in [2.24, 2.45) is 0 Å². The van der Waals surface area contributed by atoms with Gasteiger partial charge in [-0.2, -0.15) is 0 Å². The van der Waals surface area contributed by atoms with Gasteiger partial charge in [0.2, 0.25) is 10.0 Å². The minimum absolute atomic E-state index is 0.133. The van der Waals surface area contributed by atoms with Gasteiger partial charge in [-0.25, -0.2) is 18.1 Å². The van der Waals surface area contributed by atoms with Gasteiger partial charge in [0.1, 0.15) is 0 Å². The van der Waals surface area contributed by atoms with Crippen LogP contribution in [-0.4, -0.2) is 42.4 Å². The summed E-state index contributed by atoms with van der Waals surface area (Å²) in [5, 5.41) is 2.82. The molecule has 2 atom stereocenters. The van der Waals surface area contributed by atoms with Gasteiger partial charge in [-0.1, -0.05) is 0 Å². The van der Waals surface area contributed by atoms with Crippen molar-refractivity contribution in [3.8, 4) is 0 Å².